The van der Waals surface area contributed by atoms with E-state index in [2.05, 4.69) is 39.6 Å². The molecule has 0 bridgehead atoms. The highest BCUT2D eigenvalue weighted by Crippen LogP contribution is 2.37. The molecule has 1 N–H and O–H groups in total. The minimum absolute atomic E-state index is 0.0760. The molecule has 0 fully saturated rings. The SMILES string of the molecule is CC(=O)Nc1nc(C)c(C2=CSCN2CCCN(C)C)s1. The largest absolute Gasteiger partial charge is 0.360 e. The van der Waals surface area contributed by atoms with Crippen molar-refractivity contribution in [2.75, 3.05) is 38.4 Å². The van der Waals surface area contributed by atoms with Gasteiger partial charge in [0.2, 0.25) is 5.91 Å². The number of nitrogens with zero attached hydrogens (tertiary/aromatic N) is 3. The van der Waals surface area contributed by atoms with Crippen LogP contribution in [0.3, 0.4) is 0 Å². The molecule has 0 aromatic carbocycles. The van der Waals surface area contributed by atoms with E-state index < -0.39 is 0 Å². The van der Waals surface area contributed by atoms with Gasteiger partial charge >= 0.3 is 0 Å². The van der Waals surface area contributed by atoms with Crippen molar-refractivity contribution in [1.29, 1.82) is 0 Å². The van der Waals surface area contributed by atoms with Gasteiger partial charge in [0, 0.05) is 13.5 Å². The van der Waals surface area contributed by atoms with Crippen LogP contribution in [0.5, 0.6) is 0 Å². The first kappa shape index (κ1) is 16.3. The van der Waals surface area contributed by atoms with Crippen molar-refractivity contribution < 1.29 is 4.79 Å². The van der Waals surface area contributed by atoms with E-state index >= 15 is 0 Å². The van der Waals surface area contributed by atoms with E-state index in [0.717, 1.165) is 36.0 Å². The molecule has 1 aliphatic heterocycles. The van der Waals surface area contributed by atoms with Crippen LogP contribution >= 0.6 is 23.1 Å². The lowest BCUT2D eigenvalue weighted by Crippen LogP contribution is -2.23. The van der Waals surface area contributed by atoms with E-state index in [0.29, 0.717) is 5.13 Å². The van der Waals surface area contributed by atoms with Gasteiger partial charge in [-0.15, -0.1) is 11.8 Å². The smallest absolute Gasteiger partial charge is 0.223 e. The van der Waals surface area contributed by atoms with Gasteiger partial charge in [0.05, 0.1) is 22.1 Å². The van der Waals surface area contributed by atoms with Crippen LogP contribution in [0, 0.1) is 6.92 Å². The van der Waals surface area contributed by atoms with Crippen molar-refractivity contribution in [2.45, 2.75) is 20.3 Å². The fourth-order valence-corrected chi connectivity index (χ4v) is 4.23. The van der Waals surface area contributed by atoms with Crippen molar-refractivity contribution in [3.8, 4) is 0 Å². The Balaban J connectivity index is 2.05. The molecule has 7 heteroatoms. The highest BCUT2D eigenvalue weighted by Gasteiger charge is 2.21. The maximum atomic E-state index is 11.1. The van der Waals surface area contributed by atoms with Crippen molar-refractivity contribution >= 4 is 39.8 Å². The maximum Gasteiger partial charge on any atom is 0.223 e. The summed E-state index contributed by atoms with van der Waals surface area (Å²) in [6.45, 7) is 5.64. The average molecular weight is 326 g/mol. The number of amides is 1. The lowest BCUT2D eigenvalue weighted by atomic mass is 10.3. The number of thiazole rings is 1. The summed E-state index contributed by atoms with van der Waals surface area (Å²) < 4.78 is 0. The van der Waals surface area contributed by atoms with E-state index in [1.165, 1.54) is 12.6 Å². The summed E-state index contributed by atoms with van der Waals surface area (Å²) >= 11 is 3.37. The first-order valence-electron chi connectivity index (χ1n) is 6.94. The zero-order valence-electron chi connectivity index (χ0n) is 13.0. The molecule has 1 amide bonds. The second-order valence-electron chi connectivity index (χ2n) is 5.33. The molecule has 0 aliphatic carbocycles. The molecule has 2 rings (SSSR count). The number of nitrogens with one attached hydrogen (secondary N) is 1. The molecule has 0 radical (unpaired) electrons. The van der Waals surface area contributed by atoms with Gasteiger partial charge in [0.15, 0.2) is 5.13 Å². The molecule has 116 valence electrons. The van der Waals surface area contributed by atoms with Crippen molar-refractivity contribution in [3.05, 3.63) is 16.0 Å². The monoisotopic (exact) mass is 326 g/mol. The molecule has 1 aromatic rings. The third-order valence-electron chi connectivity index (χ3n) is 3.11. The molecule has 0 saturated carbocycles. The summed E-state index contributed by atoms with van der Waals surface area (Å²) in [4.78, 5) is 21.3. The van der Waals surface area contributed by atoms with Crippen LogP contribution in [0.1, 0.15) is 23.9 Å². The minimum Gasteiger partial charge on any atom is -0.360 e. The predicted molar refractivity (Wildman–Crippen MR) is 91.5 cm³/mol. The second-order valence-corrected chi connectivity index (χ2v) is 7.16. The molecule has 0 saturated heterocycles. The Bertz CT molecular complexity index is 539. The Morgan fingerprint density at radius 3 is 2.95 bits per heavy atom. The Morgan fingerprint density at radius 2 is 2.29 bits per heavy atom. The maximum absolute atomic E-state index is 11.1. The van der Waals surface area contributed by atoms with E-state index in [1.807, 2.05) is 18.7 Å². The zero-order chi connectivity index (χ0) is 15.4. The highest BCUT2D eigenvalue weighted by atomic mass is 32.2. The van der Waals surface area contributed by atoms with Gasteiger partial charge in [0.1, 0.15) is 0 Å². The van der Waals surface area contributed by atoms with Crippen LogP contribution in [-0.2, 0) is 4.79 Å². The average Bonchev–Trinajstić information content (AvgIpc) is 2.94. The molecular formula is C14H22N4OS2. The Labute approximate surface area is 134 Å². The van der Waals surface area contributed by atoms with E-state index in [-0.39, 0.29) is 5.91 Å². The van der Waals surface area contributed by atoms with E-state index in [4.69, 9.17) is 0 Å². The van der Waals surface area contributed by atoms with E-state index in [1.54, 1.807) is 11.3 Å². The normalized spacial score (nSPS) is 14.7. The summed E-state index contributed by atoms with van der Waals surface area (Å²) in [5.41, 5.74) is 2.22. The first-order chi connectivity index (χ1) is 9.97. The summed E-state index contributed by atoms with van der Waals surface area (Å²) in [6.07, 6.45) is 1.14. The summed E-state index contributed by atoms with van der Waals surface area (Å²) in [7, 11) is 4.20. The van der Waals surface area contributed by atoms with Gasteiger partial charge in [-0.25, -0.2) is 4.98 Å². The van der Waals surface area contributed by atoms with Crippen LogP contribution in [-0.4, -0.2) is 53.8 Å². The standard InChI is InChI=1S/C14H22N4OS2/c1-10-13(21-14(15-10)16-11(2)19)12-8-20-9-18(12)7-5-6-17(3)4/h8H,5-7,9H2,1-4H3,(H,15,16,19). The lowest BCUT2D eigenvalue weighted by Gasteiger charge is -2.22. The summed E-state index contributed by atoms with van der Waals surface area (Å²) in [5, 5.41) is 5.66. The number of rotatable bonds is 6. The number of thioether (sulfide) groups is 1. The number of carbonyl (C=O) groups is 1. The molecule has 0 unspecified atom stereocenters. The van der Waals surface area contributed by atoms with Crippen LogP contribution < -0.4 is 5.32 Å². The molecule has 1 aliphatic rings. The fraction of sp³-hybridized carbons (Fsp3) is 0.571. The third kappa shape index (κ3) is 4.46. The molecular weight excluding hydrogens is 304 g/mol. The quantitative estimate of drug-likeness (QED) is 0.871. The number of anilines is 1. The fourth-order valence-electron chi connectivity index (χ4n) is 2.15. The van der Waals surface area contributed by atoms with Gasteiger partial charge < -0.3 is 15.1 Å². The van der Waals surface area contributed by atoms with Crippen LogP contribution in [0.15, 0.2) is 5.41 Å². The van der Waals surface area contributed by atoms with Gasteiger partial charge in [-0.1, -0.05) is 11.3 Å². The first-order valence-corrected chi connectivity index (χ1v) is 8.80. The highest BCUT2D eigenvalue weighted by molar-refractivity contribution is 8.02. The summed E-state index contributed by atoms with van der Waals surface area (Å²) in [6, 6.07) is 0. The van der Waals surface area contributed by atoms with Crippen molar-refractivity contribution in [3.63, 3.8) is 0 Å². The zero-order valence-corrected chi connectivity index (χ0v) is 14.6. The molecule has 5 nitrogen and oxygen atoms in total. The van der Waals surface area contributed by atoms with Gasteiger partial charge in [-0.05, 0) is 39.4 Å². The predicted octanol–water partition coefficient (Wildman–Crippen LogP) is 2.67. The summed E-state index contributed by atoms with van der Waals surface area (Å²) in [5.74, 6) is 0.920. The Kier molecular flexibility index (Phi) is 5.66. The van der Waals surface area contributed by atoms with Crippen LogP contribution in [0.25, 0.3) is 5.70 Å². The van der Waals surface area contributed by atoms with Crippen molar-refractivity contribution in [2.24, 2.45) is 0 Å². The number of hydrogen-bond acceptors (Lipinski definition) is 6. The minimum atomic E-state index is -0.0760. The second kappa shape index (κ2) is 7.29. The molecule has 1 aromatic heterocycles. The van der Waals surface area contributed by atoms with Crippen LogP contribution in [0.2, 0.25) is 0 Å². The lowest BCUT2D eigenvalue weighted by molar-refractivity contribution is -0.114. The van der Waals surface area contributed by atoms with Gasteiger partial charge in [-0.3, -0.25) is 4.79 Å². The number of carbonyl (C=O) groups excluding carboxylic acids is 1. The Morgan fingerprint density at radius 1 is 1.52 bits per heavy atom. The number of aryl methyl sites for hydroxylation is 1. The molecule has 2 heterocycles. The van der Waals surface area contributed by atoms with Gasteiger partial charge in [0.25, 0.3) is 0 Å². The van der Waals surface area contributed by atoms with Crippen molar-refractivity contribution in [1.82, 2.24) is 14.8 Å². The molecule has 21 heavy (non-hydrogen) atoms. The number of hydrogen-bond donors (Lipinski definition) is 1. The van der Waals surface area contributed by atoms with E-state index in [9.17, 15) is 4.79 Å². The topological polar surface area (TPSA) is 48.5 Å². The van der Waals surface area contributed by atoms with Crippen LogP contribution in [0.4, 0.5) is 5.13 Å². The van der Waals surface area contributed by atoms with Gasteiger partial charge in [-0.2, -0.15) is 0 Å². The third-order valence-corrected chi connectivity index (χ3v) is 5.06. The molecule has 0 spiro atoms. The number of aromatic nitrogens is 1. The Hall–Kier alpha value is -1.05. The molecule has 0 atom stereocenters.